The summed E-state index contributed by atoms with van der Waals surface area (Å²) in [5.41, 5.74) is 0.902. The second-order valence-electron chi connectivity index (χ2n) is 6.59. The maximum atomic E-state index is 12.2. The number of anilines is 1. The largest absolute Gasteiger partial charge is 0.380 e. The Morgan fingerprint density at radius 3 is 2.48 bits per heavy atom. The van der Waals surface area contributed by atoms with Crippen molar-refractivity contribution in [3.8, 4) is 0 Å². The van der Waals surface area contributed by atoms with Gasteiger partial charge in [-0.3, -0.25) is 4.79 Å². The van der Waals surface area contributed by atoms with Gasteiger partial charge < -0.3 is 15.3 Å². The van der Waals surface area contributed by atoms with Crippen molar-refractivity contribution in [1.82, 2.24) is 4.90 Å². The molecule has 0 bridgehead atoms. The van der Waals surface area contributed by atoms with Crippen LogP contribution < -0.4 is 5.32 Å². The molecule has 126 valence electrons. The maximum Gasteiger partial charge on any atom is 0.256 e. The highest BCUT2D eigenvalue weighted by molar-refractivity contribution is 7.99. The van der Waals surface area contributed by atoms with E-state index in [9.17, 15) is 9.90 Å². The van der Waals surface area contributed by atoms with Gasteiger partial charge in [0.25, 0.3) is 5.91 Å². The molecule has 1 heterocycles. The van der Waals surface area contributed by atoms with Gasteiger partial charge in [0.15, 0.2) is 0 Å². The van der Waals surface area contributed by atoms with Gasteiger partial charge in [-0.05, 0) is 49.8 Å². The average molecular weight is 334 g/mol. The van der Waals surface area contributed by atoms with Crippen molar-refractivity contribution in [3.63, 3.8) is 0 Å². The molecule has 2 fully saturated rings. The molecule has 1 saturated heterocycles. The Labute approximate surface area is 142 Å². The van der Waals surface area contributed by atoms with Crippen LogP contribution in [0.4, 0.5) is 5.69 Å². The van der Waals surface area contributed by atoms with E-state index in [-0.39, 0.29) is 5.91 Å². The normalized spacial score (nSPS) is 21.3. The zero-order chi connectivity index (χ0) is 16.1. The number of nitrogens with zero attached hydrogens (tertiary/aromatic N) is 1. The maximum absolute atomic E-state index is 12.2. The van der Waals surface area contributed by atoms with E-state index in [4.69, 9.17) is 0 Å². The first-order chi connectivity index (χ1) is 11.2. The molecule has 0 unspecified atom stereocenters. The highest BCUT2D eigenvalue weighted by Gasteiger charge is 2.38. The van der Waals surface area contributed by atoms with Gasteiger partial charge in [-0.25, -0.2) is 0 Å². The molecule has 2 N–H and O–H groups in total. The third-order valence-corrected chi connectivity index (χ3v) is 5.83. The van der Waals surface area contributed by atoms with Gasteiger partial charge in [-0.1, -0.05) is 12.1 Å². The first-order valence-corrected chi connectivity index (χ1v) is 9.74. The topological polar surface area (TPSA) is 52.6 Å². The highest BCUT2D eigenvalue weighted by Crippen LogP contribution is 2.30. The third kappa shape index (κ3) is 4.49. The van der Waals surface area contributed by atoms with E-state index < -0.39 is 5.60 Å². The molecular weight excluding hydrogens is 308 g/mol. The molecule has 5 heteroatoms. The van der Waals surface area contributed by atoms with E-state index in [1.54, 1.807) is 0 Å². The van der Waals surface area contributed by atoms with Crippen molar-refractivity contribution < 1.29 is 9.90 Å². The molecule has 1 saturated carbocycles. The highest BCUT2D eigenvalue weighted by atomic mass is 32.2. The predicted molar refractivity (Wildman–Crippen MR) is 96.0 cm³/mol. The van der Waals surface area contributed by atoms with Gasteiger partial charge in [-0.15, -0.1) is 0 Å². The molecular formula is C18H26N2O2S. The number of hydrogen-bond donors (Lipinski definition) is 2. The van der Waals surface area contributed by atoms with Crippen LogP contribution in [0.5, 0.6) is 0 Å². The van der Waals surface area contributed by atoms with E-state index in [2.05, 4.69) is 22.3 Å². The van der Waals surface area contributed by atoms with Crippen LogP contribution in [0.1, 0.15) is 31.2 Å². The summed E-state index contributed by atoms with van der Waals surface area (Å²) in [6.45, 7) is 3.49. The minimum absolute atomic E-state index is 0.256. The predicted octanol–water partition coefficient (Wildman–Crippen LogP) is 2.52. The lowest BCUT2D eigenvalue weighted by Crippen LogP contribution is -2.40. The van der Waals surface area contributed by atoms with Crippen molar-refractivity contribution >= 4 is 23.4 Å². The minimum atomic E-state index is -1.16. The summed E-state index contributed by atoms with van der Waals surface area (Å²) in [7, 11) is 0. The van der Waals surface area contributed by atoms with Crippen molar-refractivity contribution in [2.45, 2.75) is 37.7 Å². The number of aliphatic hydroxyl groups is 1. The van der Waals surface area contributed by atoms with Gasteiger partial charge in [0, 0.05) is 36.8 Å². The van der Waals surface area contributed by atoms with E-state index in [1.165, 1.54) is 30.2 Å². The third-order valence-electron chi connectivity index (χ3n) is 4.89. The van der Waals surface area contributed by atoms with Gasteiger partial charge >= 0.3 is 0 Å². The van der Waals surface area contributed by atoms with Crippen molar-refractivity contribution in [1.29, 1.82) is 0 Å². The van der Waals surface area contributed by atoms with E-state index in [1.807, 2.05) is 23.9 Å². The lowest BCUT2D eigenvalue weighted by molar-refractivity contribution is -0.133. The van der Waals surface area contributed by atoms with Gasteiger partial charge in [0.2, 0.25) is 0 Å². The van der Waals surface area contributed by atoms with Gasteiger partial charge in [-0.2, -0.15) is 11.8 Å². The fourth-order valence-corrected chi connectivity index (χ4v) is 4.28. The fourth-order valence-electron chi connectivity index (χ4n) is 3.30. The van der Waals surface area contributed by atoms with Crippen LogP contribution in [-0.2, 0) is 11.2 Å². The number of carbonyl (C=O) groups is 1. The first-order valence-electron chi connectivity index (χ1n) is 8.59. The number of carbonyl (C=O) groups excluding carboxylic acids is 1. The number of rotatable bonds is 5. The van der Waals surface area contributed by atoms with E-state index in [0.29, 0.717) is 12.8 Å². The van der Waals surface area contributed by atoms with Crippen LogP contribution in [0, 0.1) is 0 Å². The smallest absolute Gasteiger partial charge is 0.256 e. The minimum Gasteiger partial charge on any atom is -0.380 e. The standard InChI is InChI=1S/C18H26N2O2S/c21-17(18(22)8-1-2-9-18)19-16-5-3-15(4-6-16)7-10-20-11-13-23-14-12-20/h3-6,22H,1-2,7-14H2,(H,19,21). The molecule has 0 spiro atoms. The quantitative estimate of drug-likeness (QED) is 0.869. The fraction of sp³-hybridized carbons (Fsp3) is 0.611. The number of benzene rings is 1. The van der Waals surface area contributed by atoms with E-state index in [0.717, 1.165) is 31.5 Å². The summed E-state index contributed by atoms with van der Waals surface area (Å²) in [5, 5.41) is 13.1. The molecule has 1 aliphatic carbocycles. The Kier molecular flexibility index (Phi) is 5.62. The molecule has 23 heavy (non-hydrogen) atoms. The van der Waals surface area contributed by atoms with Crippen molar-refractivity contribution in [2.24, 2.45) is 0 Å². The van der Waals surface area contributed by atoms with Gasteiger partial charge in [0.1, 0.15) is 5.60 Å². The summed E-state index contributed by atoms with van der Waals surface area (Å²) in [6, 6.07) is 8.04. The summed E-state index contributed by atoms with van der Waals surface area (Å²) >= 11 is 2.04. The van der Waals surface area contributed by atoms with Crippen molar-refractivity contribution in [3.05, 3.63) is 29.8 Å². The molecule has 0 aromatic heterocycles. The van der Waals surface area contributed by atoms with Crippen LogP contribution in [0.25, 0.3) is 0 Å². The van der Waals surface area contributed by atoms with Crippen LogP contribution in [0.2, 0.25) is 0 Å². The Bertz CT molecular complexity index is 520. The Balaban J connectivity index is 1.49. The summed E-state index contributed by atoms with van der Waals surface area (Å²) in [5.74, 6) is 2.23. The molecule has 0 radical (unpaired) electrons. The molecule has 0 atom stereocenters. The summed E-state index contributed by atoms with van der Waals surface area (Å²) in [4.78, 5) is 14.7. The zero-order valence-corrected chi connectivity index (χ0v) is 14.4. The SMILES string of the molecule is O=C(Nc1ccc(CCN2CCSCC2)cc1)C1(O)CCCC1. The molecule has 4 nitrogen and oxygen atoms in total. The number of amides is 1. The molecule has 2 aliphatic rings. The van der Waals surface area contributed by atoms with Crippen LogP contribution in [-0.4, -0.2) is 52.7 Å². The molecule has 1 aromatic carbocycles. The lowest BCUT2D eigenvalue weighted by Gasteiger charge is -2.26. The number of hydrogen-bond acceptors (Lipinski definition) is 4. The van der Waals surface area contributed by atoms with Gasteiger partial charge in [0.05, 0.1) is 0 Å². The zero-order valence-electron chi connectivity index (χ0n) is 13.6. The second kappa shape index (κ2) is 7.69. The lowest BCUT2D eigenvalue weighted by atomic mass is 10.0. The Morgan fingerprint density at radius 2 is 1.83 bits per heavy atom. The Hall–Kier alpha value is -1.04. The monoisotopic (exact) mass is 334 g/mol. The molecule has 1 amide bonds. The Morgan fingerprint density at radius 1 is 1.17 bits per heavy atom. The molecule has 3 rings (SSSR count). The van der Waals surface area contributed by atoms with Crippen LogP contribution in [0.3, 0.4) is 0 Å². The molecule has 1 aromatic rings. The van der Waals surface area contributed by atoms with Crippen molar-refractivity contribution in [2.75, 3.05) is 36.5 Å². The number of thioether (sulfide) groups is 1. The van der Waals surface area contributed by atoms with Crippen LogP contribution in [0.15, 0.2) is 24.3 Å². The first kappa shape index (κ1) is 16.8. The average Bonchev–Trinajstić information content (AvgIpc) is 3.03. The number of nitrogens with one attached hydrogen (secondary N) is 1. The second-order valence-corrected chi connectivity index (χ2v) is 7.82. The molecule has 1 aliphatic heterocycles. The van der Waals surface area contributed by atoms with E-state index >= 15 is 0 Å². The summed E-state index contributed by atoms with van der Waals surface area (Å²) in [6.07, 6.45) is 4.05. The van der Waals surface area contributed by atoms with Crippen LogP contribution >= 0.6 is 11.8 Å². The summed E-state index contributed by atoms with van der Waals surface area (Å²) < 4.78 is 0.